The quantitative estimate of drug-likeness (QED) is 0.764. The van der Waals surface area contributed by atoms with Crippen LogP contribution in [-0.2, 0) is 6.54 Å². The molecule has 2 N–H and O–H groups in total. The summed E-state index contributed by atoms with van der Waals surface area (Å²) >= 11 is 5.79. The van der Waals surface area contributed by atoms with Gasteiger partial charge in [-0.3, -0.25) is 0 Å². The van der Waals surface area contributed by atoms with Gasteiger partial charge in [0.1, 0.15) is 18.1 Å². The average molecular weight is 335 g/mol. The Balaban J connectivity index is 1.64. The molecule has 2 aromatic rings. The van der Waals surface area contributed by atoms with Gasteiger partial charge in [-0.1, -0.05) is 23.7 Å². The van der Waals surface area contributed by atoms with E-state index in [9.17, 15) is 4.79 Å². The molecular formula is C17H19ClN2O3. The number of urea groups is 1. The van der Waals surface area contributed by atoms with Crippen molar-refractivity contribution in [3.8, 4) is 11.5 Å². The molecule has 2 amide bonds. The minimum Gasteiger partial charge on any atom is -0.497 e. The van der Waals surface area contributed by atoms with Crippen LogP contribution in [0.25, 0.3) is 0 Å². The molecular weight excluding hydrogens is 316 g/mol. The van der Waals surface area contributed by atoms with Crippen LogP contribution in [0.2, 0.25) is 5.02 Å². The number of nitrogens with one attached hydrogen (secondary N) is 2. The first kappa shape index (κ1) is 17.0. The Labute approximate surface area is 140 Å². The Morgan fingerprint density at radius 3 is 2.61 bits per heavy atom. The van der Waals surface area contributed by atoms with Crippen molar-refractivity contribution < 1.29 is 14.3 Å². The number of benzene rings is 2. The van der Waals surface area contributed by atoms with Gasteiger partial charge >= 0.3 is 6.03 Å². The Bertz CT molecular complexity index is 632. The molecule has 5 nitrogen and oxygen atoms in total. The van der Waals surface area contributed by atoms with Gasteiger partial charge < -0.3 is 20.1 Å². The molecule has 0 spiro atoms. The normalized spacial score (nSPS) is 10.0. The summed E-state index contributed by atoms with van der Waals surface area (Å²) in [7, 11) is 1.61. The van der Waals surface area contributed by atoms with Crippen molar-refractivity contribution in [3.63, 3.8) is 0 Å². The fourth-order valence-electron chi connectivity index (χ4n) is 1.89. The zero-order chi connectivity index (χ0) is 16.5. The van der Waals surface area contributed by atoms with Gasteiger partial charge in [0.05, 0.1) is 13.7 Å². The van der Waals surface area contributed by atoms with Crippen LogP contribution in [0.1, 0.15) is 5.56 Å². The number of carbonyl (C=O) groups excluding carboxylic acids is 1. The van der Waals surface area contributed by atoms with E-state index in [1.807, 2.05) is 24.3 Å². The Hall–Kier alpha value is -2.40. The summed E-state index contributed by atoms with van der Waals surface area (Å²) in [6, 6.07) is 14.4. The highest BCUT2D eigenvalue weighted by Crippen LogP contribution is 2.15. The molecule has 0 saturated heterocycles. The molecule has 0 aromatic heterocycles. The summed E-state index contributed by atoms with van der Waals surface area (Å²) in [5, 5.41) is 6.17. The van der Waals surface area contributed by atoms with Gasteiger partial charge in [-0.25, -0.2) is 4.79 Å². The zero-order valence-corrected chi connectivity index (χ0v) is 13.6. The van der Waals surface area contributed by atoms with E-state index in [4.69, 9.17) is 21.1 Å². The molecule has 0 aliphatic carbocycles. The predicted molar refractivity (Wildman–Crippen MR) is 90.2 cm³/mol. The third kappa shape index (κ3) is 6.08. The maximum atomic E-state index is 11.7. The lowest BCUT2D eigenvalue weighted by Crippen LogP contribution is -2.37. The predicted octanol–water partition coefficient (Wildman–Crippen LogP) is 3.23. The third-order valence-corrected chi connectivity index (χ3v) is 3.31. The van der Waals surface area contributed by atoms with Crippen molar-refractivity contribution >= 4 is 17.6 Å². The Kier molecular flexibility index (Phi) is 6.56. The van der Waals surface area contributed by atoms with Gasteiger partial charge in [0.25, 0.3) is 0 Å². The van der Waals surface area contributed by atoms with Gasteiger partial charge in [-0.2, -0.15) is 0 Å². The van der Waals surface area contributed by atoms with Crippen molar-refractivity contribution in [1.29, 1.82) is 0 Å². The van der Waals surface area contributed by atoms with E-state index in [0.29, 0.717) is 30.5 Å². The van der Waals surface area contributed by atoms with Gasteiger partial charge in [0.15, 0.2) is 0 Å². The molecule has 23 heavy (non-hydrogen) atoms. The Morgan fingerprint density at radius 2 is 1.87 bits per heavy atom. The smallest absolute Gasteiger partial charge is 0.315 e. The molecule has 0 atom stereocenters. The van der Waals surface area contributed by atoms with E-state index in [1.54, 1.807) is 31.4 Å². The van der Waals surface area contributed by atoms with Crippen molar-refractivity contribution in [1.82, 2.24) is 10.6 Å². The summed E-state index contributed by atoms with van der Waals surface area (Å²) < 4.78 is 10.6. The van der Waals surface area contributed by atoms with Gasteiger partial charge in [-0.05, 0) is 42.0 Å². The summed E-state index contributed by atoms with van der Waals surface area (Å²) in [6.07, 6.45) is 0. The molecule has 6 heteroatoms. The van der Waals surface area contributed by atoms with Crippen molar-refractivity contribution in [2.75, 3.05) is 20.3 Å². The maximum Gasteiger partial charge on any atom is 0.315 e. The van der Waals surface area contributed by atoms with E-state index < -0.39 is 0 Å². The summed E-state index contributed by atoms with van der Waals surface area (Å²) in [4.78, 5) is 11.7. The van der Waals surface area contributed by atoms with Crippen molar-refractivity contribution in [2.24, 2.45) is 0 Å². The molecule has 122 valence electrons. The SMILES string of the molecule is COc1cccc(CNC(=O)NCCOc2ccc(Cl)cc2)c1. The lowest BCUT2D eigenvalue weighted by Gasteiger charge is -2.10. The first-order valence-electron chi connectivity index (χ1n) is 7.20. The van der Waals surface area contributed by atoms with E-state index in [0.717, 1.165) is 11.3 Å². The van der Waals surface area contributed by atoms with Crippen LogP contribution in [0.5, 0.6) is 11.5 Å². The van der Waals surface area contributed by atoms with Crippen LogP contribution < -0.4 is 20.1 Å². The molecule has 0 radical (unpaired) electrons. The molecule has 0 bridgehead atoms. The number of carbonyl (C=O) groups is 1. The van der Waals surface area contributed by atoms with E-state index in [-0.39, 0.29) is 6.03 Å². The minimum absolute atomic E-state index is 0.243. The molecule has 0 aliphatic rings. The van der Waals surface area contributed by atoms with Gasteiger partial charge in [-0.15, -0.1) is 0 Å². The van der Waals surface area contributed by atoms with Gasteiger partial charge in [0, 0.05) is 11.6 Å². The highest BCUT2D eigenvalue weighted by atomic mass is 35.5. The van der Waals surface area contributed by atoms with Crippen LogP contribution in [-0.4, -0.2) is 26.3 Å². The summed E-state index contributed by atoms with van der Waals surface area (Å²) in [6.45, 7) is 1.22. The minimum atomic E-state index is -0.243. The van der Waals surface area contributed by atoms with Crippen LogP contribution in [0.15, 0.2) is 48.5 Å². The van der Waals surface area contributed by atoms with Crippen molar-refractivity contribution in [3.05, 3.63) is 59.1 Å². The molecule has 0 saturated carbocycles. The average Bonchev–Trinajstić information content (AvgIpc) is 2.58. The number of hydrogen-bond acceptors (Lipinski definition) is 3. The maximum absolute atomic E-state index is 11.7. The monoisotopic (exact) mass is 334 g/mol. The first-order chi connectivity index (χ1) is 11.2. The number of amides is 2. The van der Waals surface area contributed by atoms with E-state index >= 15 is 0 Å². The molecule has 0 fully saturated rings. The van der Waals surface area contributed by atoms with Gasteiger partial charge in [0.2, 0.25) is 0 Å². The van der Waals surface area contributed by atoms with E-state index in [2.05, 4.69) is 10.6 Å². The second kappa shape index (κ2) is 8.90. The fourth-order valence-corrected chi connectivity index (χ4v) is 2.02. The standard InChI is InChI=1S/C17H19ClN2O3/c1-22-16-4-2-3-13(11-16)12-20-17(21)19-9-10-23-15-7-5-14(18)6-8-15/h2-8,11H,9-10,12H2,1H3,(H2,19,20,21). The molecule has 2 aromatic carbocycles. The number of halogens is 1. The Morgan fingerprint density at radius 1 is 1.09 bits per heavy atom. The molecule has 0 unspecified atom stereocenters. The molecule has 2 rings (SSSR count). The lowest BCUT2D eigenvalue weighted by molar-refractivity contribution is 0.236. The van der Waals surface area contributed by atoms with Crippen molar-refractivity contribution in [2.45, 2.75) is 6.54 Å². The fraction of sp³-hybridized carbons (Fsp3) is 0.235. The zero-order valence-electron chi connectivity index (χ0n) is 12.8. The van der Waals surface area contributed by atoms with Crippen LogP contribution in [0, 0.1) is 0 Å². The second-order valence-corrected chi connectivity index (χ2v) is 5.20. The number of ether oxygens (including phenoxy) is 2. The number of methoxy groups -OCH3 is 1. The van der Waals surface area contributed by atoms with Crippen LogP contribution >= 0.6 is 11.6 Å². The third-order valence-electron chi connectivity index (χ3n) is 3.06. The van der Waals surface area contributed by atoms with Crippen LogP contribution in [0.4, 0.5) is 4.79 Å². The number of rotatable bonds is 7. The second-order valence-electron chi connectivity index (χ2n) is 4.76. The highest BCUT2D eigenvalue weighted by Gasteiger charge is 2.01. The lowest BCUT2D eigenvalue weighted by atomic mass is 10.2. The number of hydrogen-bond donors (Lipinski definition) is 2. The van der Waals surface area contributed by atoms with Crippen LogP contribution in [0.3, 0.4) is 0 Å². The molecule has 0 heterocycles. The topological polar surface area (TPSA) is 59.6 Å². The summed E-state index contributed by atoms with van der Waals surface area (Å²) in [5.74, 6) is 1.48. The highest BCUT2D eigenvalue weighted by molar-refractivity contribution is 6.30. The largest absolute Gasteiger partial charge is 0.497 e. The molecule has 0 aliphatic heterocycles. The first-order valence-corrected chi connectivity index (χ1v) is 7.58. The summed E-state index contributed by atoms with van der Waals surface area (Å²) in [5.41, 5.74) is 0.969. The van der Waals surface area contributed by atoms with E-state index in [1.165, 1.54) is 0 Å².